The first-order valence-corrected chi connectivity index (χ1v) is 5.52. The summed E-state index contributed by atoms with van der Waals surface area (Å²) >= 11 is 0. The number of rotatable bonds is 5. The summed E-state index contributed by atoms with van der Waals surface area (Å²) in [5, 5.41) is 3.09. The molecule has 1 saturated carbocycles. The molecule has 0 unspecified atom stereocenters. The highest BCUT2D eigenvalue weighted by Crippen LogP contribution is 2.23. The monoisotopic (exact) mass is 210 g/mol. The Bertz CT molecular complexity index is 288. The molecule has 1 aliphatic rings. The summed E-state index contributed by atoms with van der Waals surface area (Å²) in [4.78, 5) is 3.99. The van der Waals surface area contributed by atoms with Crippen molar-refractivity contribution < 1.29 is 4.39 Å². The predicted octanol–water partition coefficient (Wildman–Crippen LogP) is 3.32. The fourth-order valence-electron chi connectivity index (χ4n) is 1.50. The molecule has 0 saturated heterocycles. The van der Waals surface area contributed by atoms with E-state index in [2.05, 4.69) is 16.9 Å². The number of nitrogens with zero attached hydrogens (tertiary/aromatic N) is 1. The zero-order chi connectivity index (χ0) is 11.3. The van der Waals surface area contributed by atoms with E-state index in [0.29, 0.717) is 23.9 Å². The van der Waals surface area contributed by atoms with Crippen molar-refractivity contribution in [3.63, 3.8) is 0 Å². The molecule has 1 rings (SSSR count). The molecule has 0 bridgehead atoms. The molecule has 1 aliphatic carbocycles. The third kappa shape index (κ3) is 3.18. The summed E-state index contributed by atoms with van der Waals surface area (Å²) in [7, 11) is 0. The smallest absolute Gasteiger partial charge is 0.167 e. The maximum atomic E-state index is 13.8. The van der Waals surface area contributed by atoms with Gasteiger partial charge in [0.05, 0.1) is 11.4 Å². The van der Waals surface area contributed by atoms with Crippen LogP contribution in [-0.2, 0) is 0 Å². The second-order valence-corrected chi connectivity index (χ2v) is 3.75. The van der Waals surface area contributed by atoms with Crippen molar-refractivity contribution in [2.75, 3.05) is 0 Å². The first-order valence-electron chi connectivity index (χ1n) is 5.52. The van der Waals surface area contributed by atoms with E-state index < -0.39 is 0 Å². The molecule has 0 spiro atoms. The van der Waals surface area contributed by atoms with Crippen LogP contribution in [0.1, 0.15) is 39.5 Å². The Kier molecular flexibility index (Phi) is 4.53. The second-order valence-electron chi connectivity index (χ2n) is 3.75. The van der Waals surface area contributed by atoms with Crippen molar-refractivity contribution >= 4 is 6.21 Å². The SMILES string of the molecule is C=C(NC1CCC1)/C(F)=C(CC)\N=C/C. The van der Waals surface area contributed by atoms with Gasteiger partial charge < -0.3 is 5.32 Å². The van der Waals surface area contributed by atoms with Gasteiger partial charge in [0.25, 0.3) is 0 Å². The zero-order valence-corrected chi connectivity index (χ0v) is 9.52. The third-order valence-corrected chi connectivity index (χ3v) is 2.62. The Morgan fingerprint density at radius 1 is 1.60 bits per heavy atom. The van der Waals surface area contributed by atoms with Crippen LogP contribution >= 0.6 is 0 Å². The number of nitrogens with one attached hydrogen (secondary N) is 1. The molecule has 15 heavy (non-hydrogen) atoms. The van der Waals surface area contributed by atoms with Gasteiger partial charge in [-0.05, 0) is 32.6 Å². The van der Waals surface area contributed by atoms with Crippen LogP contribution in [0, 0.1) is 0 Å². The predicted molar refractivity (Wildman–Crippen MR) is 62.5 cm³/mol. The van der Waals surface area contributed by atoms with Crippen LogP contribution in [0.5, 0.6) is 0 Å². The zero-order valence-electron chi connectivity index (χ0n) is 9.52. The Labute approximate surface area is 91.0 Å². The van der Waals surface area contributed by atoms with E-state index in [1.54, 1.807) is 13.1 Å². The summed E-state index contributed by atoms with van der Waals surface area (Å²) in [6.45, 7) is 7.38. The van der Waals surface area contributed by atoms with Crippen LogP contribution in [0.2, 0.25) is 0 Å². The largest absolute Gasteiger partial charge is 0.380 e. The van der Waals surface area contributed by atoms with Gasteiger partial charge in [-0.3, -0.25) is 4.99 Å². The van der Waals surface area contributed by atoms with Crippen molar-refractivity contribution in [3.05, 3.63) is 23.8 Å². The average molecular weight is 210 g/mol. The topological polar surface area (TPSA) is 24.4 Å². The standard InChI is InChI=1S/C12H19FN2/c1-4-11(14-5-2)12(13)9(3)15-10-7-6-8-10/h5,10,15H,3-4,6-8H2,1-2H3/b12-11+,14-5-. The van der Waals surface area contributed by atoms with Crippen molar-refractivity contribution in [1.82, 2.24) is 5.32 Å². The first kappa shape index (κ1) is 12.0. The second kappa shape index (κ2) is 5.69. The van der Waals surface area contributed by atoms with E-state index in [-0.39, 0.29) is 5.83 Å². The molecule has 0 aromatic carbocycles. The fraction of sp³-hybridized carbons (Fsp3) is 0.583. The van der Waals surface area contributed by atoms with Gasteiger partial charge in [-0.25, -0.2) is 4.39 Å². The molecule has 0 heterocycles. The molecular formula is C12H19FN2. The van der Waals surface area contributed by atoms with Gasteiger partial charge in [0.2, 0.25) is 0 Å². The summed E-state index contributed by atoms with van der Waals surface area (Å²) in [5.41, 5.74) is 0.844. The molecule has 0 atom stereocenters. The highest BCUT2D eigenvalue weighted by molar-refractivity contribution is 5.55. The summed E-state index contributed by atoms with van der Waals surface area (Å²) in [5.74, 6) is -0.303. The van der Waals surface area contributed by atoms with Crippen LogP contribution < -0.4 is 5.32 Å². The number of aliphatic imine (C=N–C) groups is 1. The van der Waals surface area contributed by atoms with Crippen molar-refractivity contribution in [2.24, 2.45) is 4.99 Å². The quantitative estimate of drug-likeness (QED) is 0.546. The van der Waals surface area contributed by atoms with Gasteiger partial charge in [0.15, 0.2) is 5.83 Å². The average Bonchev–Trinajstić information content (AvgIpc) is 2.18. The molecule has 0 aromatic rings. The van der Waals surface area contributed by atoms with Crippen molar-refractivity contribution in [3.8, 4) is 0 Å². The van der Waals surface area contributed by atoms with Crippen molar-refractivity contribution in [2.45, 2.75) is 45.6 Å². The molecule has 3 heteroatoms. The normalized spacial score (nSPS) is 18.6. The maximum absolute atomic E-state index is 13.8. The number of halogens is 1. The maximum Gasteiger partial charge on any atom is 0.167 e. The lowest BCUT2D eigenvalue weighted by Crippen LogP contribution is -2.34. The summed E-state index contributed by atoms with van der Waals surface area (Å²) < 4.78 is 13.8. The highest BCUT2D eigenvalue weighted by Gasteiger charge is 2.19. The molecule has 1 N–H and O–H groups in total. The lowest BCUT2D eigenvalue weighted by Gasteiger charge is -2.28. The van der Waals surface area contributed by atoms with Crippen LogP contribution in [0.4, 0.5) is 4.39 Å². The number of allylic oxidation sites excluding steroid dienone is 2. The van der Waals surface area contributed by atoms with Gasteiger partial charge in [-0.2, -0.15) is 0 Å². The van der Waals surface area contributed by atoms with E-state index in [0.717, 1.165) is 12.8 Å². The minimum atomic E-state index is -0.303. The Morgan fingerprint density at radius 2 is 2.27 bits per heavy atom. The lowest BCUT2D eigenvalue weighted by atomic mass is 9.93. The van der Waals surface area contributed by atoms with Gasteiger partial charge in [-0.1, -0.05) is 13.5 Å². The van der Waals surface area contributed by atoms with Gasteiger partial charge >= 0.3 is 0 Å². The van der Waals surface area contributed by atoms with Crippen LogP contribution in [-0.4, -0.2) is 12.3 Å². The van der Waals surface area contributed by atoms with Gasteiger partial charge in [0.1, 0.15) is 0 Å². The first-order chi connectivity index (χ1) is 7.19. The minimum Gasteiger partial charge on any atom is -0.380 e. The Hall–Kier alpha value is -1.12. The van der Waals surface area contributed by atoms with Crippen LogP contribution in [0.25, 0.3) is 0 Å². The van der Waals surface area contributed by atoms with Gasteiger partial charge in [-0.15, -0.1) is 0 Å². The molecule has 0 aliphatic heterocycles. The molecule has 1 fully saturated rings. The molecule has 2 nitrogen and oxygen atoms in total. The summed E-state index contributed by atoms with van der Waals surface area (Å²) in [6, 6.07) is 0.409. The van der Waals surface area contributed by atoms with E-state index in [1.165, 1.54) is 6.42 Å². The number of hydrogen-bond donors (Lipinski definition) is 1. The molecule has 0 amide bonds. The Balaban J connectivity index is 2.62. The Morgan fingerprint density at radius 3 is 2.67 bits per heavy atom. The van der Waals surface area contributed by atoms with Crippen LogP contribution in [0.15, 0.2) is 28.8 Å². The highest BCUT2D eigenvalue weighted by atomic mass is 19.1. The fourth-order valence-corrected chi connectivity index (χ4v) is 1.50. The van der Waals surface area contributed by atoms with E-state index in [4.69, 9.17) is 0 Å². The van der Waals surface area contributed by atoms with Gasteiger partial charge in [0, 0.05) is 12.3 Å². The number of hydrogen-bond acceptors (Lipinski definition) is 2. The van der Waals surface area contributed by atoms with Crippen LogP contribution in [0.3, 0.4) is 0 Å². The van der Waals surface area contributed by atoms with E-state index >= 15 is 0 Å². The van der Waals surface area contributed by atoms with Crippen molar-refractivity contribution in [1.29, 1.82) is 0 Å². The molecule has 84 valence electrons. The molecule has 0 radical (unpaired) electrons. The molecular weight excluding hydrogens is 191 g/mol. The lowest BCUT2D eigenvalue weighted by molar-refractivity contribution is 0.361. The summed E-state index contributed by atoms with van der Waals surface area (Å²) in [6.07, 6.45) is 5.65. The minimum absolute atomic E-state index is 0.303. The van der Waals surface area contributed by atoms with E-state index in [1.807, 2.05) is 6.92 Å². The molecule has 0 aromatic heterocycles. The van der Waals surface area contributed by atoms with E-state index in [9.17, 15) is 4.39 Å². The third-order valence-electron chi connectivity index (χ3n) is 2.62.